The van der Waals surface area contributed by atoms with Gasteiger partial charge in [0.15, 0.2) is 6.29 Å². The van der Waals surface area contributed by atoms with Crippen LogP contribution >= 0.6 is 0 Å². The molecule has 2 aliphatic heterocycles. The SMILES string of the molecule is OCC1COC(CCN2CCOCC2)O1. The average molecular weight is 217 g/mol. The lowest BCUT2D eigenvalue weighted by Gasteiger charge is -2.27. The van der Waals surface area contributed by atoms with Crippen molar-refractivity contribution < 1.29 is 19.3 Å². The molecule has 0 amide bonds. The molecule has 0 aromatic heterocycles. The van der Waals surface area contributed by atoms with Crippen LogP contribution in [0.1, 0.15) is 6.42 Å². The van der Waals surface area contributed by atoms with E-state index in [2.05, 4.69) is 4.90 Å². The molecule has 0 aromatic rings. The summed E-state index contributed by atoms with van der Waals surface area (Å²) in [5.74, 6) is 0. The summed E-state index contributed by atoms with van der Waals surface area (Å²) in [6.45, 7) is 5.19. The maximum absolute atomic E-state index is 8.87. The number of hydrogen-bond acceptors (Lipinski definition) is 5. The van der Waals surface area contributed by atoms with E-state index in [0.29, 0.717) is 6.61 Å². The number of ether oxygens (including phenoxy) is 3. The van der Waals surface area contributed by atoms with Crippen LogP contribution < -0.4 is 0 Å². The zero-order valence-corrected chi connectivity index (χ0v) is 8.93. The lowest BCUT2D eigenvalue weighted by molar-refractivity contribution is -0.0763. The fraction of sp³-hybridized carbons (Fsp3) is 1.00. The van der Waals surface area contributed by atoms with Gasteiger partial charge in [-0.15, -0.1) is 0 Å². The summed E-state index contributed by atoms with van der Waals surface area (Å²) in [4.78, 5) is 2.35. The normalized spacial score (nSPS) is 33.4. The van der Waals surface area contributed by atoms with Crippen molar-refractivity contribution in [1.82, 2.24) is 4.90 Å². The number of hydrogen-bond donors (Lipinski definition) is 1. The summed E-state index contributed by atoms with van der Waals surface area (Å²) < 4.78 is 16.1. The Bertz CT molecular complexity index is 184. The van der Waals surface area contributed by atoms with Crippen LogP contribution in [0.15, 0.2) is 0 Å². The highest BCUT2D eigenvalue weighted by Gasteiger charge is 2.25. The third-order valence-electron chi connectivity index (χ3n) is 2.80. The molecular weight excluding hydrogens is 198 g/mol. The molecule has 0 aromatic carbocycles. The predicted octanol–water partition coefficient (Wildman–Crippen LogP) is -0.557. The van der Waals surface area contributed by atoms with Gasteiger partial charge in [0.25, 0.3) is 0 Å². The fourth-order valence-electron chi connectivity index (χ4n) is 1.87. The first-order chi connectivity index (χ1) is 7.38. The van der Waals surface area contributed by atoms with Gasteiger partial charge in [0.1, 0.15) is 6.10 Å². The van der Waals surface area contributed by atoms with Gasteiger partial charge in [0.05, 0.1) is 26.4 Å². The highest BCUT2D eigenvalue weighted by Crippen LogP contribution is 2.14. The highest BCUT2D eigenvalue weighted by atomic mass is 16.7. The summed E-state index contributed by atoms with van der Waals surface area (Å²) in [6.07, 6.45) is 0.612. The molecule has 2 aliphatic rings. The Labute approximate surface area is 89.9 Å². The van der Waals surface area contributed by atoms with E-state index in [1.165, 1.54) is 0 Å². The molecule has 88 valence electrons. The maximum atomic E-state index is 8.87. The van der Waals surface area contributed by atoms with E-state index in [0.717, 1.165) is 39.3 Å². The van der Waals surface area contributed by atoms with E-state index in [1.807, 2.05) is 0 Å². The van der Waals surface area contributed by atoms with Gasteiger partial charge in [-0.25, -0.2) is 0 Å². The second-order valence-corrected chi connectivity index (χ2v) is 3.95. The number of aliphatic hydroxyl groups excluding tert-OH is 1. The van der Waals surface area contributed by atoms with E-state index in [9.17, 15) is 0 Å². The van der Waals surface area contributed by atoms with Crippen molar-refractivity contribution in [2.75, 3.05) is 46.1 Å². The average Bonchev–Trinajstić information content (AvgIpc) is 2.76. The quantitative estimate of drug-likeness (QED) is 0.684. The second-order valence-electron chi connectivity index (χ2n) is 3.95. The third-order valence-corrected chi connectivity index (χ3v) is 2.80. The summed E-state index contributed by atoms with van der Waals surface area (Å²) in [5, 5.41) is 8.87. The van der Waals surface area contributed by atoms with Gasteiger partial charge < -0.3 is 19.3 Å². The van der Waals surface area contributed by atoms with Crippen LogP contribution in [0, 0.1) is 0 Å². The van der Waals surface area contributed by atoms with Gasteiger partial charge in [-0.2, -0.15) is 0 Å². The van der Waals surface area contributed by atoms with Gasteiger partial charge in [0, 0.05) is 26.1 Å². The monoisotopic (exact) mass is 217 g/mol. The van der Waals surface area contributed by atoms with Gasteiger partial charge in [0.2, 0.25) is 0 Å². The van der Waals surface area contributed by atoms with E-state index in [-0.39, 0.29) is 19.0 Å². The minimum absolute atomic E-state index is 0.0497. The van der Waals surface area contributed by atoms with Crippen molar-refractivity contribution in [2.45, 2.75) is 18.8 Å². The highest BCUT2D eigenvalue weighted by molar-refractivity contribution is 4.67. The molecule has 2 atom stereocenters. The van der Waals surface area contributed by atoms with Gasteiger partial charge in [-0.1, -0.05) is 0 Å². The zero-order chi connectivity index (χ0) is 10.5. The molecule has 5 nitrogen and oxygen atoms in total. The van der Waals surface area contributed by atoms with Crippen molar-refractivity contribution in [3.05, 3.63) is 0 Å². The summed E-state index contributed by atoms with van der Waals surface area (Å²) >= 11 is 0. The lowest BCUT2D eigenvalue weighted by atomic mass is 10.3. The van der Waals surface area contributed by atoms with Crippen LogP contribution in [-0.4, -0.2) is 68.5 Å². The van der Waals surface area contributed by atoms with E-state index >= 15 is 0 Å². The molecule has 2 heterocycles. The molecule has 0 spiro atoms. The fourth-order valence-corrected chi connectivity index (χ4v) is 1.87. The predicted molar refractivity (Wildman–Crippen MR) is 53.6 cm³/mol. The first kappa shape index (κ1) is 11.3. The van der Waals surface area contributed by atoms with E-state index < -0.39 is 0 Å². The Morgan fingerprint density at radius 3 is 2.73 bits per heavy atom. The summed E-state index contributed by atoms with van der Waals surface area (Å²) in [6, 6.07) is 0. The van der Waals surface area contributed by atoms with Gasteiger partial charge in [-0.3, -0.25) is 4.90 Å². The minimum atomic E-state index is -0.134. The van der Waals surface area contributed by atoms with E-state index in [1.54, 1.807) is 0 Å². The zero-order valence-electron chi connectivity index (χ0n) is 8.93. The maximum Gasteiger partial charge on any atom is 0.159 e. The van der Waals surface area contributed by atoms with Gasteiger partial charge in [-0.05, 0) is 0 Å². The van der Waals surface area contributed by atoms with Crippen LogP contribution in [0.4, 0.5) is 0 Å². The number of nitrogens with zero attached hydrogens (tertiary/aromatic N) is 1. The van der Waals surface area contributed by atoms with Crippen molar-refractivity contribution in [3.8, 4) is 0 Å². The standard InChI is InChI=1S/C10H19NO4/c12-7-9-8-14-10(15-9)1-2-11-3-5-13-6-4-11/h9-10,12H,1-8H2. The molecule has 0 aliphatic carbocycles. The Kier molecular flexibility index (Phi) is 4.34. The number of aliphatic hydroxyl groups is 1. The molecule has 0 radical (unpaired) electrons. The van der Waals surface area contributed by atoms with Crippen molar-refractivity contribution in [1.29, 1.82) is 0 Å². The molecule has 15 heavy (non-hydrogen) atoms. The first-order valence-corrected chi connectivity index (χ1v) is 5.56. The van der Waals surface area contributed by atoms with Gasteiger partial charge >= 0.3 is 0 Å². The van der Waals surface area contributed by atoms with E-state index in [4.69, 9.17) is 19.3 Å². The summed E-state index contributed by atoms with van der Waals surface area (Å²) in [7, 11) is 0. The largest absolute Gasteiger partial charge is 0.394 e. The molecular formula is C10H19NO4. The molecule has 0 bridgehead atoms. The molecule has 2 unspecified atom stereocenters. The Hall–Kier alpha value is -0.200. The number of rotatable bonds is 4. The molecule has 2 rings (SSSR count). The topological polar surface area (TPSA) is 51.2 Å². The molecule has 2 fully saturated rings. The Morgan fingerprint density at radius 1 is 1.27 bits per heavy atom. The lowest BCUT2D eigenvalue weighted by Crippen LogP contribution is -2.38. The van der Waals surface area contributed by atoms with Crippen molar-refractivity contribution in [2.24, 2.45) is 0 Å². The Balaban J connectivity index is 1.61. The van der Waals surface area contributed by atoms with Crippen molar-refractivity contribution >= 4 is 0 Å². The molecule has 1 N–H and O–H groups in total. The number of morpholine rings is 1. The van der Waals surface area contributed by atoms with Crippen LogP contribution in [0.5, 0.6) is 0 Å². The van der Waals surface area contributed by atoms with Crippen LogP contribution in [0.25, 0.3) is 0 Å². The smallest absolute Gasteiger partial charge is 0.159 e. The van der Waals surface area contributed by atoms with Crippen LogP contribution in [0.2, 0.25) is 0 Å². The first-order valence-electron chi connectivity index (χ1n) is 5.56. The van der Waals surface area contributed by atoms with Crippen LogP contribution in [-0.2, 0) is 14.2 Å². The summed E-state index contributed by atoms with van der Waals surface area (Å²) in [5.41, 5.74) is 0. The Morgan fingerprint density at radius 2 is 2.07 bits per heavy atom. The second kappa shape index (κ2) is 5.77. The van der Waals surface area contributed by atoms with Crippen LogP contribution in [0.3, 0.4) is 0 Å². The molecule has 2 saturated heterocycles. The third kappa shape index (κ3) is 3.39. The van der Waals surface area contributed by atoms with Crippen molar-refractivity contribution in [3.63, 3.8) is 0 Å². The molecule has 0 saturated carbocycles. The minimum Gasteiger partial charge on any atom is -0.394 e. The molecule has 5 heteroatoms.